The highest BCUT2D eigenvalue weighted by Crippen LogP contribution is 2.38. The zero-order valence-electron chi connectivity index (χ0n) is 18.3. The molecule has 0 radical (unpaired) electrons. The number of aromatic nitrogens is 2. The van der Waals surface area contributed by atoms with Gasteiger partial charge in [-0.05, 0) is 42.7 Å². The van der Waals surface area contributed by atoms with Crippen LogP contribution in [0, 0.1) is 6.92 Å². The summed E-state index contributed by atoms with van der Waals surface area (Å²) in [7, 11) is 2.17. The van der Waals surface area contributed by atoms with Gasteiger partial charge < -0.3 is 0 Å². The van der Waals surface area contributed by atoms with Crippen LogP contribution in [-0.2, 0) is 7.05 Å². The summed E-state index contributed by atoms with van der Waals surface area (Å²) in [4.78, 5) is 0. The maximum Gasteiger partial charge on any atom is 0.287 e. The number of fused-ring (bicyclic) bond motifs is 6. The van der Waals surface area contributed by atoms with E-state index in [9.17, 15) is 0 Å². The molecule has 0 unspecified atom stereocenters. The van der Waals surface area contributed by atoms with Gasteiger partial charge in [-0.1, -0.05) is 50.2 Å². The van der Waals surface area contributed by atoms with Crippen molar-refractivity contribution in [1.29, 1.82) is 0 Å². The molecule has 3 heterocycles. The van der Waals surface area contributed by atoms with Gasteiger partial charge in [0.15, 0.2) is 0 Å². The third kappa shape index (κ3) is 2.60. The van der Waals surface area contributed by atoms with Gasteiger partial charge in [-0.2, -0.15) is 4.57 Å². The minimum atomic E-state index is 0.493. The molecule has 0 aliphatic rings. The van der Waals surface area contributed by atoms with Crippen LogP contribution < -0.4 is 4.57 Å². The quantitative estimate of drug-likeness (QED) is 0.257. The Morgan fingerprint density at radius 1 is 0.806 bits per heavy atom. The molecule has 6 aromatic rings. The number of hydrogen-bond acceptors (Lipinski definition) is 1. The molecular weight excluding hydrogens is 396 g/mol. The van der Waals surface area contributed by atoms with Crippen LogP contribution in [0.2, 0.25) is 0 Å². The van der Waals surface area contributed by atoms with Gasteiger partial charge in [0.05, 0.1) is 11.7 Å². The normalized spacial score (nSPS) is 12.2. The minimum absolute atomic E-state index is 0.493. The fourth-order valence-corrected chi connectivity index (χ4v) is 6.29. The average Bonchev–Trinajstić information content (AvgIpc) is 3.29. The summed E-state index contributed by atoms with van der Waals surface area (Å²) in [5.41, 5.74) is 5.37. The maximum absolute atomic E-state index is 2.47. The number of nitrogens with zero attached hydrogens (tertiary/aromatic N) is 2. The number of para-hydroxylation sites is 1. The molecule has 0 amide bonds. The highest BCUT2D eigenvalue weighted by Gasteiger charge is 2.25. The van der Waals surface area contributed by atoms with Crippen molar-refractivity contribution in [2.75, 3.05) is 0 Å². The summed E-state index contributed by atoms with van der Waals surface area (Å²) in [5.74, 6) is 1.69. The van der Waals surface area contributed by atoms with E-state index < -0.39 is 0 Å². The van der Waals surface area contributed by atoms with E-state index in [2.05, 4.69) is 110 Å². The Labute approximate surface area is 186 Å². The van der Waals surface area contributed by atoms with Crippen molar-refractivity contribution in [2.24, 2.45) is 7.05 Å². The van der Waals surface area contributed by atoms with E-state index in [0.717, 1.165) is 0 Å². The van der Waals surface area contributed by atoms with E-state index in [0.29, 0.717) is 5.92 Å². The van der Waals surface area contributed by atoms with Crippen LogP contribution >= 0.6 is 11.3 Å². The number of hydrogen-bond donors (Lipinski definition) is 0. The molecule has 6 rings (SSSR count). The fraction of sp³-hybridized carbons (Fsp3) is 0.179. The van der Waals surface area contributed by atoms with E-state index in [4.69, 9.17) is 0 Å². The Hall–Kier alpha value is -3.17. The van der Waals surface area contributed by atoms with Gasteiger partial charge in [0, 0.05) is 37.9 Å². The van der Waals surface area contributed by atoms with Crippen molar-refractivity contribution in [1.82, 2.24) is 4.57 Å². The number of benzene rings is 3. The Morgan fingerprint density at radius 2 is 1.55 bits per heavy atom. The van der Waals surface area contributed by atoms with Crippen LogP contribution in [0.4, 0.5) is 0 Å². The van der Waals surface area contributed by atoms with E-state index in [-0.39, 0.29) is 0 Å². The van der Waals surface area contributed by atoms with Gasteiger partial charge in [0.25, 0.3) is 5.82 Å². The zero-order chi connectivity index (χ0) is 21.3. The highest BCUT2D eigenvalue weighted by atomic mass is 32.1. The molecule has 0 N–H and O–H groups in total. The third-order valence-corrected chi connectivity index (χ3v) is 7.71. The van der Waals surface area contributed by atoms with Gasteiger partial charge >= 0.3 is 0 Å². The lowest BCUT2D eigenvalue weighted by Crippen LogP contribution is -2.33. The molecule has 0 spiro atoms. The predicted molar refractivity (Wildman–Crippen MR) is 134 cm³/mol. The van der Waals surface area contributed by atoms with Crippen LogP contribution in [0.25, 0.3) is 47.8 Å². The monoisotopic (exact) mass is 421 g/mol. The lowest BCUT2D eigenvalue weighted by atomic mass is 9.95. The molecule has 2 nitrogen and oxygen atoms in total. The van der Waals surface area contributed by atoms with E-state index in [1.165, 1.54) is 58.9 Å². The summed E-state index contributed by atoms with van der Waals surface area (Å²) in [6.45, 7) is 6.85. The van der Waals surface area contributed by atoms with E-state index in [1.54, 1.807) is 0 Å². The molecule has 3 heteroatoms. The summed E-state index contributed by atoms with van der Waals surface area (Å²) < 4.78 is 7.42. The number of thiophene rings is 1. The second-order valence-corrected chi connectivity index (χ2v) is 9.89. The Balaban J connectivity index is 1.80. The Kier molecular flexibility index (Phi) is 4.00. The van der Waals surface area contributed by atoms with E-state index >= 15 is 0 Å². The first kappa shape index (κ1) is 18.6. The van der Waals surface area contributed by atoms with Gasteiger partial charge in [-0.3, -0.25) is 0 Å². The minimum Gasteiger partial charge on any atom is -0.235 e. The molecule has 0 atom stereocenters. The Bertz CT molecular complexity index is 1630. The molecule has 0 fully saturated rings. The van der Waals surface area contributed by atoms with Crippen LogP contribution in [0.1, 0.15) is 30.9 Å². The van der Waals surface area contributed by atoms with Gasteiger partial charge in [0.1, 0.15) is 17.2 Å². The van der Waals surface area contributed by atoms with Gasteiger partial charge in [-0.15, -0.1) is 11.3 Å². The number of aryl methyl sites for hydroxylation is 2. The molecule has 3 aromatic heterocycles. The van der Waals surface area contributed by atoms with Crippen LogP contribution in [-0.4, -0.2) is 4.57 Å². The largest absolute Gasteiger partial charge is 0.287 e. The van der Waals surface area contributed by atoms with Crippen molar-refractivity contribution in [3.8, 4) is 5.82 Å². The summed E-state index contributed by atoms with van der Waals surface area (Å²) >= 11 is 1.87. The molecule has 0 saturated heterocycles. The second kappa shape index (κ2) is 6.66. The maximum atomic E-state index is 2.47. The van der Waals surface area contributed by atoms with Crippen LogP contribution in [0.3, 0.4) is 0 Å². The molecule has 0 bridgehead atoms. The fourth-order valence-electron chi connectivity index (χ4n) is 5.13. The van der Waals surface area contributed by atoms with E-state index in [1.807, 2.05) is 11.3 Å². The first-order chi connectivity index (χ1) is 15.0. The van der Waals surface area contributed by atoms with Crippen molar-refractivity contribution in [3.63, 3.8) is 0 Å². The van der Waals surface area contributed by atoms with Gasteiger partial charge in [-0.25, -0.2) is 4.57 Å². The van der Waals surface area contributed by atoms with Crippen molar-refractivity contribution in [2.45, 2.75) is 26.7 Å². The topological polar surface area (TPSA) is 8.81 Å². The van der Waals surface area contributed by atoms with Crippen molar-refractivity contribution in [3.05, 3.63) is 84.1 Å². The summed E-state index contributed by atoms with van der Waals surface area (Å²) in [6, 6.07) is 24.5. The van der Waals surface area contributed by atoms with Crippen LogP contribution in [0.5, 0.6) is 0 Å². The van der Waals surface area contributed by atoms with Gasteiger partial charge in [0.2, 0.25) is 0 Å². The molecule has 3 aromatic carbocycles. The summed E-state index contributed by atoms with van der Waals surface area (Å²) in [5, 5.41) is 5.31. The lowest BCUT2D eigenvalue weighted by Gasteiger charge is -2.11. The molecule has 152 valence electrons. The molecule has 0 aliphatic carbocycles. The number of rotatable bonds is 2. The van der Waals surface area contributed by atoms with Crippen molar-refractivity contribution < 1.29 is 4.57 Å². The van der Waals surface area contributed by atoms with Crippen LogP contribution in [0.15, 0.2) is 72.9 Å². The molecule has 0 aliphatic heterocycles. The first-order valence-corrected chi connectivity index (χ1v) is 11.7. The Morgan fingerprint density at radius 3 is 2.35 bits per heavy atom. The smallest absolute Gasteiger partial charge is 0.235 e. The molecule has 0 saturated carbocycles. The van der Waals surface area contributed by atoms with Crippen molar-refractivity contribution >= 4 is 53.3 Å². The highest BCUT2D eigenvalue weighted by molar-refractivity contribution is 7.25. The first-order valence-electron chi connectivity index (χ1n) is 10.9. The molecule has 31 heavy (non-hydrogen) atoms. The third-order valence-electron chi connectivity index (χ3n) is 6.59. The standard InChI is InChI=1S/C28H25N2S/c1-17(2)19-13-14-22-20-9-5-7-11-24(20)30(28(22)18(19)3)27-15-23-21-10-6-8-12-25(21)31-26(23)16-29(27)4/h5-17H,1-4H3/q+1. The zero-order valence-corrected chi connectivity index (χ0v) is 19.1. The summed E-state index contributed by atoms with van der Waals surface area (Å²) in [6.07, 6.45) is 2.29. The SMILES string of the molecule is Cc1c(C(C)C)ccc2c3ccccc3n(-c3cc4c(c[n+]3C)sc3ccccc34)c12. The molecular formula is C28H25N2S+. The lowest BCUT2D eigenvalue weighted by molar-refractivity contribution is -0.663. The average molecular weight is 422 g/mol. The predicted octanol–water partition coefficient (Wildman–Crippen LogP) is 7.41. The second-order valence-electron chi connectivity index (χ2n) is 8.80. The number of pyridine rings is 1.